The van der Waals surface area contributed by atoms with Gasteiger partial charge in [0.2, 0.25) is 11.8 Å². The Bertz CT molecular complexity index is 958. The molecule has 1 aromatic heterocycles. The lowest BCUT2D eigenvalue weighted by Gasteiger charge is -2.36. The van der Waals surface area contributed by atoms with Crippen molar-refractivity contribution in [3.63, 3.8) is 0 Å². The molecule has 1 aliphatic rings. The summed E-state index contributed by atoms with van der Waals surface area (Å²) in [5.74, 6) is 2.11. The molecule has 8 heteroatoms. The summed E-state index contributed by atoms with van der Waals surface area (Å²) in [6, 6.07) is 14.3. The number of hydrogen-bond acceptors (Lipinski definition) is 8. The van der Waals surface area contributed by atoms with Gasteiger partial charge in [0.05, 0.1) is 18.8 Å². The molecule has 0 spiro atoms. The standard InChI is InChI=1S/C21H22N2O6/c1-12-22-23-21(27-12)13-5-7-15(8-6-13)28-16-4-2-3-14(9-16)20-19(26)18(25)10-17(11-24)29-20/h2-9,17-20,24-26H,10-11H2,1H3/t17?,18?,19?,20-/m1/s1. The van der Waals surface area contributed by atoms with Gasteiger partial charge in [-0.15, -0.1) is 10.2 Å². The number of benzene rings is 2. The van der Waals surface area contributed by atoms with Crippen molar-refractivity contribution in [2.75, 3.05) is 6.61 Å². The highest BCUT2D eigenvalue weighted by atomic mass is 16.5. The number of rotatable bonds is 5. The van der Waals surface area contributed by atoms with Crippen LogP contribution in [0.4, 0.5) is 0 Å². The third-order valence-corrected chi connectivity index (χ3v) is 4.80. The van der Waals surface area contributed by atoms with E-state index in [9.17, 15) is 15.3 Å². The lowest BCUT2D eigenvalue weighted by Crippen LogP contribution is -2.44. The number of aromatic nitrogens is 2. The van der Waals surface area contributed by atoms with E-state index in [4.69, 9.17) is 13.9 Å². The second-order valence-corrected chi connectivity index (χ2v) is 6.98. The first kappa shape index (κ1) is 19.5. The molecule has 0 saturated carbocycles. The van der Waals surface area contributed by atoms with Crippen LogP contribution in [0, 0.1) is 6.92 Å². The van der Waals surface area contributed by atoms with Gasteiger partial charge < -0.3 is 29.2 Å². The highest BCUT2D eigenvalue weighted by Gasteiger charge is 2.37. The van der Waals surface area contributed by atoms with E-state index in [0.29, 0.717) is 28.8 Å². The third kappa shape index (κ3) is 4.30. The van der Waals surface area contributed by atoms with Crippen LogP contribution in [0.25, 0.3) is 11.5 Å². The zero-order valence-electron chi connectivity index (χ0n) is 15.8. The molecule has 152 valence electrons. The molecule has 3 aromatic rings. The summed E-state index contributed by atoms with van der Waals surface area (Å²) in [6.07, 6.45) is -3.12. The molecule has 2 aromatic carbocycles. The van der Waals surface area contributed by atoms with Crippen LogP contribution in [0.3, 0.4) is 0 Å². The molecule has 1 saturated heterocycles. The molecule has 8 nitrogen and oxygen atoms in total. The van der Waals surface area contributed by atoms with Gasteiger partial charge in [0.1, 0.15) is 23.7 Å². The molecule has 3 unspecified atom stereocenters. The van der Waals surface area contributed by atoms with E-state index in [1.165, 1.54) is 0 Å². The highest BCUT2D eigenvalue weighted by Crippen LogP contribution is 2.34. The normalized spacial score (nSPS) is 24.4. The van der Waals surface area contributed by atoms with Crippen molar-refractivity contribution < 1.29 is 29.2 Å². The first-order valence-corrected chi connectivity index (χ1v) is 9.34. The second kappa shape index (κ2) is 8.30. The van der Waals surface area contributed by atoms with Crippen LogP contribution in [0.1, 0.15) is 24.0 Å². The van der Waals surface area contributed by atoms with Gasteiger partial charge in [-0.2, -0.15) is 0 Å². The summed E-state index contributed by atoms with van der Waals surface area (Å²) in [7, 11) is 0. The van der Waals surface area contributed by atoms with Crippen LogP contribution in [0.2, 0.25) is 0 Å². The topological polar surface area (TPSA) is 118 Å². The minimum absolute atomic E-state index is 0.191. The molecular weight excluding hydrogens is 376 g/mol. The minimum Gasteiger partial charge on any atom is -0.457 e. The molecule has 1 aliphatic heterocycles. The van der Waals surface area contributed by atoms with E-state index in [2.05, 4.69) is 10.2 Å². The van der Waals surface area contributed by atoms with Crippen molar-refractivity contribution in [1.82, 2.24) is 10.2 Å². The maximum absolute atomic E-state index is 10.3. The number of aliphatic hydroxyl groups excluding tert-OH is 3. The number of nitrogens with zero attached hydrogens (tertiary/aromatic N) is 2. The molecular formula is C21H22N2O6. The molecule has 0 aliphatic carbocycles. The van der Waals surface area contributed by atoms with Crippen LogP contribution >= 0.6 is 0 Å². The summed E-state index contributed by atoms with van der Waals surface area (Å²) in [5, 5.41) is 37.5. The van der Waals surface area contributed by atoms with Crippen molar-refractivity contribution in [3.8, 4) is 23.0 Å². The Morgan fingerprint density at radius 3 is 2.55 bits per heavy atom. The van der Waals surface area contributed by atoms with Gasteiger partial charge >= 0.3 is 0 Å². The predicted octanol–water partition coefficient (Wildman–Crippen LogP) is 2.38. The molecule has 3 N–H and O–H groups in total. The molecule has 0 bridgehead atoms. The molecule has 1 fully saturated rings. The summed E-state index contributed by atoms with van der Waals surface area (Å²) in [5.41, 5.74) is 1.44. The van der Waals surface area contributed by atoms with Crippen LogP contribution < -0.4 is 4.74 Å². The highest BCUT2D eigenvalue weighted by molar-refractivity contribution is 5.54. The van der Waals surface area contributed by atoms with Crippen molar-refractivity contribution in [1.29, 1.82) is 0 Å². The van der Waals surface area contributed by atoms with E-state index in [0.717, 1.165) is 5.56 Å². The van der Waals surface area contributed by atoms with E-state index >= 15 is 0 Å². The van der Waals surface area contributed by atoms with E-state index in [-0.39, 0.29) is 13.0 Å². The SMILES string of the molecule is Cc1nnc(-c2ccc(Oc3cccc([C@H]4OC(CO)CC(O)C4O)c3)cc2)o1. The first-order chi connectivity index (χ1) is 14.0. The summed E-state index contributed by atoms with van der Waals surface area (Å²) in [6.45, 7) is 1.51. The number of aliphatic hydroxyl groups is 3. The van der Waals surface area contributed by atoms with Gasteiger partial charge in [0.15, 0.2) is 0 Å². The van der Waals surface area contributed by atoms with Gasteiger partial charge in [-0.1, -0.05) is 12.1 Å². The fraction of sp³-hybridized carbons (Fsp3) is 0.333. The summed E-state index contributed by atoms with van der Waals surface area (Å²) >= 11 is 0. The fourth-order valence-electron chi connectivity index (χ4n) is 3.32. The zero-order valence-corrected chi connectivity index (χ0v) is 15.8. The smallest absolute Gasteiger partial charge is 0.247 e. The Kier molecular flexibility index (Phi) is 5.59. The van der Waals surface area contributed by atoms with Crippen LogP contribution in [0.15, 0.2) is 52.9 Å². The van der Waals surface area contributed by atoms with Crippen molar-refractivity contribution in [2.24, 2.45) is 0 Å². The Morgan fingerprint density at radius 1 is 1.07 bits per heavy atom. The average molecular weight is 398 g/mol. The zero-order chi connectivity index (χ0) is 20.4. The summed E-state index contributed by atoms with van der Waals surface area (Å²) in [4.78, 5) is 0. The van der Waals surface area contributed by atoms with E-state index in [1.54, 1.807) is 43.3 Å². The van der Waals surface area contributed by atoms with Gasteiger partial charge in [0.25, 0.3) is 0 Å². The monoisotopic (exact) mass is 398 g/mol. The third-order valence-electron chi connectivity index (χ3n) is 4.80. The molecule has 0 radical (unpaired) electrons. The average Bonchev–Trinajstić information content (AvgIpc) is 3.17. The first-order valence-electron chi connectivity index (χ1n) is 9.34. The van der Waals surface area contributed by atoms with E-state index in [1.807, 2.05) is 12.1 Å². The molecule has 4 rings (SSSR count). The van der Waals surface area contributed by atoms with Gasteiger partial charge in [0, 0.05) is 18.9 Å². The largest absolute Gasteiger partial charge is 0.457 e. The van der Waals surface area contributed by atoms with E-state index < -0.39 is 24.4 Å². The quantitative estimate of drug-likeness (QED) is 0.600. The van der Waals surface area contributed by atoms with Crippen molar-refractivity contribution in [3.05, 3.63) is 60.0 Å². The molecule has 0 amide bonds. The Morgan fingerprint density at radius 2 is 1.86 bits per heavy atom. The van der Waals surface area contributed by atoms with Crippen molar-refractivity contribution >= 4 is 0 Å². The molecule has 4 atom stereocenters. The molecule has 2 heterocycles. The maximum atomic E-state index is 10.3. The second-order valence-electron chi connectivity index (χ2n) is 6.98. The number of ether oxygens (including phenoxy) is 2. The Hall–Kier alpha value is -2.78. The fourth-order valence-corrected chi connectivity index (χ4v) is 3.32. The van der Waals surface area contributed by atoms with Gasteiger partial charge in [-0.25, -0.2) is 0 Å². The Balaban J connectivity index is 1.50. The number of aryl methyl sites for hydroxylation is 1. The lowest BCUT2D eigenvalue weighted by atomic mass is 9.93. The lowest BCUT2D eigenvalue weighted by molar-refractivity contribution is -0.179. The number of hydrogen-bond donors (Lipinski definition) is 3. The maximum Gasteiger partial charge on any atom is 0.247 e. The minimum atomic E-state index is -1.08. The van der Waals surface area contributed by atoms with Crippen molar-refractivity contribution in [2.45, 2.75) is 37.8 Å². The molecule has 29 heavy (non-hydrogen) atoms. The van der Waals surface area contributed by atoms with Crippen LogP contribution in [-0.2, 0) is 4.74 Å². The Labute approximate surface area is 167 Å². The van der Waals surface area contributed by atoms with Gasteiger partial charge in [-0.05, 0) is 42.0 Å². The van der Waals surface area contributed by atoms with Crippen LogP contribution in [0.5, 0.6) is 11.5 Å². The predicted molar refractivity (Wildman–Crippen MR) is 102 cm³/mol. The van der Waals surface area contributed by atoms with Crippen LogP contribution in [-0.4, -0.2) is 50.4 Å². The summed E-state index contributed by atoms with van der Waals surface area (Å²) < 4.78 is 17.1. The van der Waals surface area contributed by atoms with Gasteiger partial charge in [-0.3, -0.25) is 0 Å².